The van der Waals surface area contributed by atoms with Gasteiger partial charge in [0.1, 0.15) is 12.1 Å². The van der Waals surface area contributed by atoms with Crippen LogP contribution in [0.15, 0.2) is 54.9 Å². The van der Waals surface area contributed by atoms with Crippen molar-refractivity contribution >= 4 is 23.2 Å². The second-order valence-corrected chi connectivity index (χ2v) is 5.44. The Morgan fingerprint density at radius 2 is 2.04 bits per heavy atom. The Kier molecular flexibility index (Phi) is 4.72. The van der Waals surface area contributed by atoms with Crippen molar-refractivity contribution in [2.75, 3.05) is 5.32 Å². The van der Waals surface area contributed by atoms with E-state index in [0.29, 0.717) is 16.5 Å². The molecule has 122 valence electrons. The van der Waals surface area contributed by atoms with E-state index < -0.39 is 6.10 Å². The molecule has 24 heavy (non-hydrogen) atoms. The van der Waals surface area contributed by atoms with Crippen molar-refractivity contribution in [3.63, 3.8) is 0 Å². The summed E-state index contributed by atoms with van der Waals surface area (Å²) in [5, 5.41) is 14.3. The summed E-state index contributed by atoms with van der Waals surface area (Å²) < 4.78 is 7.17. The topological polar surface area (TPSA) is 81.9 Å². The van der Waals surface area contributed by atoms with Gasteiger partial charge in [-0.15, -0.1) is 5.10 Å². The number of ether oxygens (including phenoxy) is 1. The quantitative estimate of drug-likeness (QED) is 0.770. The number of carbonyl (C=O) groups is 1. The number of rotatable bonds is 5. The third-order valence-corrected chi connectivity index (χ3v) is 3.46. The molecule has 0 saturated carbocycles. The molecular weight excluding hydrogens is 330 g/mol. The normalized spacial score (nSPS) is 11.8. The van der Waals surface area contributed by atoms with Crippen LogP contribution in [0.4, 0.5) is 5.69 Å². The Hall–Kier alpha value is -2.93. The number of tetrazole rings is 1. The first kappa shape index (κ1) is 15.9. The first-order valence-corrected chi connectivity index (χ1v) is 7.56. The molecule has 1 amide bonds. The molecule has 0 bridgehead atoms. The minimum absolute atomic E-state index is 0.262. The summed E-state index contributed by atoms with van der Waals surface area (Å²) in [6.07, 6.45) is 0.833. The van der Waals surface area contributed by atoms with Crippen LogP contribution in [0.1, 0.15) is 6.92 Å². The number of hydrogen-bond donors (Lipinski definition) is 1. The average Bonchev–Trinajstić information content (AvgIpc) is 3.10. The first-order chi connectivity index (χ1) is 11.6. The molecule has 1 heterocycles. The number of hydrogen-bond acceptors (Lipinski definition) is 5. The lowest BCUT2D eigenvalue weighted by Crippen LogP contribution is -2.30. The van der Waals surface area contributed by atoms with E-state index in [0.717, 1.165) is 5.69 Å². The number of carbonyl (C=O) groups excluding carboxylic acids is 1. The number of amides is 1. The van der Waals surface area contributed by atoms with Crippen LogP contribution in [0, 0.1) is 0 Å². The molecule has 7 nitrogen and oxygen atoms in total. The van der Waals surface area contributed by atoms with Crippen molar-refractivity contribution in [3.8, 4) is 11.4 Å². The summed E-state index contributed by atoms with van der Waals surface area (Å²) in [5.74, 6) is 0.308. The summed E-state index contributed by atoms with van der Waals surface area (Å²) in [6.45, 7) is 1.68. The SMILES string of the molecule is C[C@@H](Oc1ccc(-n2cnnn2)cc1)C(=O)Nc1cccc(Cl)c1. The van der Waals surface area contributed by atoms with Crippen LogP contribution in [0.5, 0.6) is 5.75 Å². The third kappa shape index (κ3) is 3.88. The van der Waals surface area contributed by atoms with Gasteiger partial charge in [-0.05, 0) is 59.8 Å². The van der Waals surface area contributed by atoms with Crippen LogP contribution in [0.3, 0.4) is 0 Å². The highest BCUT2D eigenvalue weighted by Gasteiger charge is 2.15. The molecule has 0 radical (unpaired) electrons. The zero-order valence-corrected chi connectivity index (χ0v) is 13.5. The number of anilines is 1. The van der Waals surface area contributed by atoms with Crippen molar-refractivity contribution in [2.45, 2.75) is 13.0 Å². The highest BCUT2D eigenvalue weighted by Crippen LogP contribution is 2.18. The van der Waals surface area contributed by atoms with Crippen LogP contribution in [-0.2, 0) is 4.79 Å². The zero-order chi connectivity index (χ0) is 16.9. The molecule has 1 atom stereocenters. The average molecular weight is 344 g/mol. The van der Waals surface area contributed by atoms with E-state index in [1.54, 1.807) is 55.5 Å². The molecule has 0 saturated heterocycles. The van der Waals surface area contributed by atoms with Crippen LogP contribution < -0.4 is 10.1 Å². The molecule has 0 unspecified atom stereocenters. The zero-order valence-electron chi connectivity index (χ0n) is 12.8. The standard InChI is InChI=1S/C16H14ClN5O2/c1-11(16(23)19-13-4-2-3-12(17)9-13)24-15-7-5-14(6-8-15)22-10-18-20-21-22/h2-11H,1H3,(H,19,23)/t11-/m1/s1. The van der Waals surface area contributed by atoms with Gasteiger partial charge in [-0.3, -0.25) is 4.79 Å². The van der Waals surface area contributed by atoms with Gasteiger partial charge in [-0.1, -0.05) is 17.7 Å². The van der Waals surface area contributed by atoms with Crippen LogP contribution in [0.2, 0.25) is 5.02 Å². The van der Waals surface area contributed by atoms with E-state index in [-0.39, 0.29) is 5.91 Å². The second-order valence-electron chi connectivity index (χ2n) is 5.01. The summed E-state index contributed by atoms with van der Waals surface area (Å²) in [5.41, 5.74) is 1.42. The molecule has 2 aromatic carbocycles. The molecule has 0 aliphatic heterocycles. The fraction of sp³-hybridized carbons (Fsp3) is 0.125. The molecule has 3 rings (SSSR count). The highest BCUT2D eigenvalue weighted by atomic mass is 35.5. The molecule has 0 aliphatic carbocycles. The van der Waals surface area contributed by atoms with Crippen LogP contribution in [0.25, 0.3) is 5.69 Å². The predicted molar refractivity (Wildman–Crippen MR) is 89.3 cm³/mol. The second kappa shape index (κ2) is 7.10. The highest BCUT2D eigenvalue weighted by molar-refractivity contribution is 6.30. The largest absolute Gasteiger partial charge is 0.481 e. The molecular formula is C16H14ClN5O2. The lowest BCUT2D eigenvalue weighted by molar-refractivity contribution is -0.122. The van der Waals surface area contributed by atoms with Gasteiger partial charge in [0.2, 0.25) is 0 Å². The van der Waals surface area contributed by atoms with Gasteiger partial charge >= 0.3 is 0 Å². The lowest BCUT2D eigenvalue weighted by Gasteiger charge is -2.15. The van der Waals surface area contributed by atoms with Crippen molar-refractivity contribution < 1.29 is 9.53 Å². The smallest absolute Gasteiger partial charge is 0.265 e. The Morgan fingerprint density at radius 3 is 2.71 bits per heavy atom. The minimum Gasteiger partial charge on any atom is -0.481 e. The van der Waals surface area contributed by atoms with Crippen LogP contribution in [-0.4, -0.2) is 32.2 Å². The van der Waals surface area contributed by atoms with E-state index >= 15 is 0 Å². The third-order valence-electron chi connectivity index (χ3n) is 3.22. The van der Waals surface area contributed by atoms with Crippen LogP contribution >= 0.6 is 11.6 Å². The maximum Gasteiger partial charge on any atom is 0.265 e. The Balaban J connectivity index is 1.61. The molecule has 0 fully saturated rings. The van der Waals surface area contributed by atoms with Crippen molar-refractivity contribution in [2.24, 2.45) is 0 Å². The number of benzene rings is 2. The van der Waals surface area contributed by atoms with Crippen molar-refractivity contribution in [3.05, 3.63) is 59.9 Å². The van der Waals surface area contributed by atoms with E-state index in [1.165, 1.54) is 11.0 Å². The van der Waals surface area contributed by atoms with E-state index in [9.17, 15) is 4.79 Å². The van der Waals surface area contributed by atoms with E-state index in [1.807, 2.05) is 0 Å². The number of aromatic nitrogens is 4. The summed E-state index contributed by atoms with van der Waals surface area (Å²) in [4.78, 5) is 12.2. The Morgan fingerprint density at radius 1 is 1.25 bits per heavy atom. The van der Waals surface area contributed by atoms with Gasteiger partial charge in [0.05, 0.1) is 5.69 Å². The van der Waals surface area contributed by atoms with Gasteiger partial charge in [0.15, 0.2) is 6.10 Å². The fourth-order valence-electron chi connectivity index (χ4n) is 2.02. The van der Waals surface area contributed by atoms with Crippen molar-refractivity contribution in [1.82, 2.24) is 20.2 Å². The van der Waals surface area contributed by atoms with Gasteiger partial charge < -0.3 is 10.1 Å². The summed E-state index contributed by atoms with van der Waals surface area (Å²) in [6, 6.07) is 14.0. The van der Waals surface area contributed by atoms with Gasteiger partial charge in [-0.25, -0.2) is 4.68 Å². The molecule has 0 spiro atoms. The van der Waals surface area contributed by atoms with E-state index in [2.05, 4.69) is 20.8 Å². The molecule has 3 aromatic rings. The summed E-state index contributed by atoms with van der Waals surface area (Å²) >= 11 is 5.90. The molecule has 0 aliphatic rings. The number of halogens is 1. The molecule has 8 heteroatoms. The maximum atomic E-state index is 12.2. The first-order valence-electron chi connectivity index (χ1n) is 7.18. The lowest BCUT2D eigenvalue weighted by atomic mass is 10.3. The van der Waals surface area contributed by atoms with Gasteiger partial charge in [0, 0.05) is 10.7 Å². The minimum atomic E-state index is -0.664. The summed E-state index contributed by atoms with van der Waals surface area (Å²) in [7, 11) is 0. The van der Waals surface area contributed by atoms with E-state index in [4.69, 9.17) is 16.3 Å². The number of nitrogens with zero attached hydrogens (tertiary/aromatic N) is 4. The predicted octanol–water partition coefficient (Wildman–Crippen LogP) is 2.72. The Labute approximate surface area is 143 Å². The molecule has 1 aromatic heterocycles. The maximum absolute atomic E-state index is 12.2. The monoisotopic (exact) mass is 343 g/mol. The van der Waals surface area contributed by atoms with Crippen molar-refractivity contribution in [1.29, 1.82) is 0 Å². The molecule has 1 N–H and O–H groups in total. The fourth-order valence-corrected chi connectivity index (χ4v) is 2.22. The Bertz CT molecular complexity index is 821. The van der Waals surface area contributed by atoms with Gasteiger partial charge in [0.25, 0.3) is 5.91 Å². The number of nitrogens with one attached hydrogen (secondary N) is 1. The van der Waals surface area contributed by atoms with Gasteiger partial charge in [-0.2, -0.15) is 0 Å².